The van der Waals surface area contributed by atoms with Gasteiger partial charge in [0, 0.05) is 5.69 Å². The monoisotopic (exact) mass is 435 g/mol. The molecule has 1 aliphatic rings. The van der Waals surface area contributed by atoms with E-state index in [1.54, 1.807) is 0 Å². The topological polar surface area (TPSA) is 101 Å². The molecule has 1 amide bonds. The molecule has 3 rings (SSSR count). The molecule has 1 atom stereocenters. The Balaban J connectivity index is 0.00000243. The molecule has 0 saturated carbocycles. The third-order valence-electron chi connectivity index (χ3n) is 4.05. The molecule has 0 bridgehead atoms. The minimum absolute atomic E-state index is 0. The Morgan fingerprint density at radius 2 is 2.08 bits per heavy atom. The third kappa shape index (κ3) is 4.89. The maximum Gasteiger partial charge on any atom is 0.250 e. The molecule has 1 unspecified atom stereocenters. The van der Waals surface area contributed by atoms with E-state index in [9.17, 15) is 13.2 Å². The predicted molar refractivity (Wildman–Crippen MR) is 106 cm³/mol. The predicted octanol–water partition coefficient (Wildman–Crippen LogP) is 2.88. The standard InChI is InChI=1S/C16H18ClN3O3S2.ClH/c17-14-6-7-16(24-14)25(22,23)19-9-15(21)20-13-3-1-2-10-8-11(18)4-5-12(10)13;/h4-8,13,19H,1-3,9,18H2,(H,20,21);1H. The van der Waals surface area contributed by atoms with E-state index in [-0.39, 0.29) is 35.1 Å². The van der Waals surface area contributed by atoms with E-state index in [1.807, 2.05) is 18.2 Å². The Morgan fingerprint density at radius 1 is 1.31 bits per heavy atom. The first-order valence-electron chi connectivity index (χ1n) is 7.78. The first-order chi connectivity index (χ1) is 11.8. The summed E-state index contributed by atoms with van der Waals surface area (Å²) < 4.78 is 27.0. The summed E-state index contributed by atoms with van der Waals surface area (Å²) >= 11 is 6.70. The first kappa shape index (κ1) is 21.0. The number of nitrogen functional groups attached to an aromatic ring is 1. The molecule has 0 radical (unpaired) electrons. The normalized spacial score (nSPS) is 16.4. The van der Waals surface area contributed by atoms with Crippen LogP contribution in [0.5, 0.6) is 0 Å². The van der Waals surface area contributed by atoms with Crippen LogP contribution in [0.3, 0.4) is 0 Å². The maximum absolute atomic E-state index is 12.2. The highest BCUT2D eigenvalue weighted by atomic mass is 35.5. The Morgan fingerprint density at radius 3 is 2.77 bits per heavy atom. The van der Waals surface area contributed by atoms with Gasteiger partial charge in [-0.2, -0.15) is 0 Å². The van der Waals surface area contributed by atoms with Gasteiger partial charge in [-0.05, 0) is 54.7 Å². The summed E-state index contributed by atoms with van der Waals surface area (Å²) in [6, 6.07) is 8.45. The maximum atomic E-state index is 12.2. The molecule has 6 nitrogen and oxygen atoms in total. The number of nitrogens with two attached hydrogens (primary N) is 1. The number of anilines is 1. The van der Waals surface area contributed by atoms with Crippen LogP contribution in [0, 0.1) is 0 Å². The number of hydrogen-bond donors (Lipinski definition) is 3. The van der Waals surface area contributed by atoms with Crippen LogP contribution in [-0.2, 0) is 21.2 Å². The van der Waals surface area contributed by atoms with Crippen molar-refractivity contribution in [2.75, 3.05) is 12.3 Å². The summed E-state index contributed by atoms with van der Waals surface area (Å²) in [7, 11) is -3.73. The molecule has 2 aromatic rings. The minimum Gasteiger partial charge on any atom is -0.399 e. The fourth-order valence-corrected chi connectivity index (χ4v) is 5.41. The summed E-state index contributed by atoms with van der Waals surface area (Å²) in [5, 5.41) is 2.89. The number of sulfonamides is 1. The number of halogens is 2. The van der Waals surface area contributed by atoms with Gasteiger partial charge in [0.2, 0.25) is 5.91 Å². The largest absolute Gasteiger partial charge is 0.399 e. The second-order valence-corrected chi connectivity index (χ2v) is 9.56. The van der Waals surface area contributed by atoms with Gasteiger partial charge >= 0.3 is 0 Å². The Kier molecular flexibility index (Phi) is 6.92. The summed E-state index contributed by atoms with van der Waals surface area (Å²) in [5.41, 5.74) is 8.68. The van der Waals surface area contributed by atoms with Gasteiger partial charge in [0.25, 0.3) is 10.0 Å². The van der Waals surface area contributed by atoms with E-state index >= 15 is 0 Å². The second kappa shape index (κ2) is 8.58. The lowest BCUT2D eigenvalue weighted by Gasteiger charge is -2.26. The fourth-order valence-electron chi connectivity index (χ4n) is 2.90. The molecule has 1 aromatic heterocycles. The molecule has 1 aliphatic carbocycles. The summed E-state index contributed by atoms with van der Waals surface area (Å²) in [6.07, 6.45) is 2.69. The summed E-state index contributed by atoms with van der Waals surface area (Å²) in [6.45, 7) is -0.321. The van der Waals surface area contributed by atoms with Crippen molar-refractivity contribution < 1.29 is 13.2 Å². The number of rotatable bonds is 5. The number of carbonyl (C=O) groups is 1. The Labute approximate surface area is 167 Å². The van der Waals surface area contributed by atoms with Crippen molar-refractivity contribution in [3.63, 3.8) is 0 Å². The van der Waals surface area contributed by atoms with Crippen molar-refractivity contribution in [1.29, 1.82) is 0 Å². The first-order valence-corrected chi connectivity index (χ1v) is 10.5. The second-order valence-electron chi connectivity index (χ2n) is 5.85. The summed E-state index contributed by atoms with van der Waals surface area (Å²) in [5.74, 6) is -0.374. The van der Waals surface area contributed by atoms with Crippen molar-refractivity contribution >= 4 is 57.0 Å². The molecule has 0 aliphatic heterocycles. The smallest absolute Gasteiger partial charge is 0.250 e. The van der Waals surface area contributed by atoms with Gasteiger partial charge in [0.15, 0.2) is 0 Å². The minimum atomic E-state index is -3.73. The van der Waals surface area contributed by atoms with Crippen LogP contribution in [-0.4, -0.2) is 20.9 Å². The van der Waals surface area contributed by atoms with E-state index in [1.165, 1.54) is 12.1 Å². The molecule has 1 heterocycles. The molecular weight excluding hydrogens is 417 g/mol. The van der Waals surface area contributed by atoms with Crippen molar-refractivity contribution in [3.05, 3.63) is 45.8 Å². The zero-order valence-corrected chi connectivity index (χ0v) is 16.9. The van der Waals surface area contributed by atoms with Gasteiger partial charge in [-0.3, -0.25) is 4.79 Å². The highest BCUT2D eigenvalue weighted by Crippen LogP contribution is 2.31. The average Bonchev–Trinajstić information content (AvgIpc) is 3.00. The van der Waals surface area contributed by atoms with E-state index in [0.717, 1.165) is 41.7 Å². The van der Waals surface area contributed by atoms with Crippen molar-refractivity contribution in [2.45, 2.75) is 29.5 Å². The third-order valence-corrected chi connectivity index (χ3v) is 7.18. The van der Waals surface area contributed by atoms with E-state index in [2.05, 4.69) is 10.0 Å². The van der Waals surface area contributed by atoms with Crippen LogP contribution in [0.2, 0.25) is 4.34 Å². The van der Waals surface area contributed by atoms with Crippen LogP contribution in [0.15, 0.2) is 34.5 Å². The van der Waals surface area contributed by atoms with Gasteiger partial charge in [0.1, 0.15) is 4.21 Å². The molecular formula is C16H19Cl2N3O3S2. The molecule has 26 heavy (non-hydrogen) atoms. The van der Waals surface area contributed by atoms with Crippen LogP contribution >= 0.6 is 35.3 Å². The molecule has 0 fully saturated rings. The number of hydrogen-bond acceptors (Lipinski definition) is 5. The number of nitrogens with one attached hydrogen (secondary N) is 2. The number of thiophene rings is 1. The zero-order chi connectivity index (χ0) is 18.0. The Hall–Kier alpha value is -1.32. The lowest BCUT2D eigenvalue weighted by molar-refractivity contribution is -0.120. The molecule has 0 spiro atoms. The lowest BCUT2D eigenvalue weighted by Crippen LogP contribution is -2.39. The van der Waals surface area contributed by atoms with Crippen molar-refractivity contribution in [2.24, 2.45) is 0 Å². The SMILES string of the molecule is Cl.Nc1ccc2c(c1)CCCC2NC(=O)CNS(=O)(=O)c1ccc(Cl)s1. The molecule has 1 aromatic carbocycles. The number of aryl methyl sites for hydroxylation is 1. The van der Waals surface area contributed by atoms with Crippen LogP contribution < -0.4 is 15.8 Å². The number of carbonyl (C=O) groups excluding carboxylic acids is 1. The van der Waals surface area contributed by atoms with E-state index in [4.69, 9.17) is 17.3 Å². The fraction of sp³-hybridized carbons (Fsp3) is 0.312. The molecule has 4 N–H and O–H groups in total. The number of fused-ring (bicyclic) bond motifs is 1. The van der Waals surface area contributed by atoms with Gasteiger partial charge in [-0.15, -0.1) is 23.7 Å². The summed E-state index contributed by atoms with van der Waals surface area (Å²) in [4.78, 5) is 12.2. The highest BCUT2D eigenvalue weighted by molar-refractivity contribution is 7.91. The van der Waals surface area contributed by atoms with Gasteiger partial charge in [0.05, 0.1) is 16.9 Å². The Bertz CT molecular complexity index is 900. The zero-order valence-electron chi connectivity index (χ0n) is 13.7. The lowest BCUT2D eigenvalue weighted by atomic mass is 9.87. The van der Waals surface area contributed by atoms with Crippen LogP contribution in [0.25, 0.3) is 0 Å². The van der Waals surface area contributed by atoms with Gasteiger partial charge in [-0.25, -0.2) is 13.1 Å². The molecule has 10 heteroatoms. The van der Waals surface area contributed by atoms with Crippen molar-refractivity contribution in [1.82, 2.24) is 10.0 Å². The number of amides is 1. The highest BCUT2D eigenvalue weighted by Gasteiger charge is 2.23. The van der Waals surface area contributed by atoms with E-state index in [0.29, 0.717) is 10.0 Å². The van der Waals surface area contributed by atoms with Gasteiger partial charge in [-0.1, -0.05) is 17.7 Å². The molecule has 0 saturated heterocycles. The van der Waals surface area contributed by atoms with Crippen molar-refractivity contribution in [3.8, 4) is 0 Å². The van der Waals surface area contributed by atoms with E-state index < -0.39 is 10.0 Å². The number of benzene rings is 1. The quantitative estimate of drug-likeness (QED) is 0.628. The van der Waals surface area contributed by atoms with Crippen LogP contribution in [0.4, 0.5) is 5.69 Å². The van der Waals surface area contributed by atoms with Crippen LogP contribution in [0.1, 0.15) is 30.0 Å². The average molecular weight is 436 g/mol. The molecule has 142 valence electrons. The van der Waals surface area contributed by atoms with Gasteiger partial charge < -0.3 is 11.1 Å².